The van der Waals surface area contributed by atoms with E-state index in [0.29, 0.717) is 23.0 Å². The number of nitrogens with one attached hydrogen (secondary N) is 1. The molecule has 9 nitrogen and oxygen atoms in total. The minimum atomic E-state index is -4.04. The summed E-state index contributed by atoms with van der Waals surface area (Å²) in [6.45, 7) is -0.0366. The van der Waals surface area contributed by atoms with E-state index in [4.69, 9.17) is 18.9 Å². The molecule has 0 fully saturated rings. The van der Waals surface area contributed by atoms with E-state index in [9.17, 15) is 13.2 Å². The number of hydrogen-bond acceptors (Lipinski definition) is 7. The predicted molar refractivity (Wildman–Crippen MR) is 132 cm³/mol. The molecule has 0 aromatic heterocycles. The van der Waals surface area contributed by atoms with Crippen molar-refractivity contribution in [3.05, 3.63) is 72.8 Å². The Labute approximate surface area is 205 Å². The standard InChI is InChI=1S/C25H28N2O7S/c1-31-20-10-12-21(13-11-20)34-16-15-26-25(28)18-27(35(29,30)22-7-5-4-6-8-22)19-9-14-23(32-2)24(17-19)33-3/h4-14,17H,15-16,18H2,1-3H3,(H,26,28). The Balaban J connectivity index is 1.73. The third-order valence-corrected chi connectivity index (χ3v) is 6.81. The van der Waals surface area contributed by atoms with Crippen molar-refractivity contribution in [2.75, 3.05) is 45.3 Å². The number of sulfonamides is 1. The van der Waals surface area contributed by atoms with Crippen molar-refractivity contribution < 1.29 is 32.2 Å². The van der Waals surface area contributed by atoms with E-state index in [-0.39, 0.29) is 23.7 Å². The number of anilines is 1. The smallest absolute Gasteiger partial charge is 0.264 e. The average molecular weight is 501 g/mol. The summed E-state index contributed by atoms with van der Waals surface area (Å²) in [5.41, 5.74) is 0.260. The number of carbonyl (C=O) groups is 1. The molecule has 1 amide bonds. The second-order valence-corrected chi connectivity index (χ2v) is 9.10. The van der Waals surface area contributed by atoms with E-state index in [2.05, 4.69) is 5.32 Å². The first kappa shape index (κ1) is 25.7. The summed E-state index contributed by atoms with van der Waals surface area (Å²) in [5, 5.41) is 2.70. The van der Waals surface area contributed by atoms with Gasteiger partial charge < -0.3 is 24.3 Å². The van der Waals surface area contributed by atoms with E-state index in [1.807, 2.05) is 0 Å². The first-order valence-corrected chi connectivity index (χ1v) is 12.2. The number of carbonyl (C=O) groups excluding carboxylic acids is 1. The number of methoxy groups -OCH3 is 3. The van der Waals surface area contributed by atoms with Gasteiger partial charge in [-0.05, 0) is 48.5 Å². The van der Waals surface area contributed by atoms with Gasteiger partial charge in [0.2, 0.25) is 5.91 Å². The predicted octanol–water partition coefficient (Wildman–Crippen LogP) is 3.10. The number of ether oxygens (including phenoxy) is 4. The van der Waals surface area contributed by atoms with Crippen LogP contribution in [0.3, 0.4) is 0 Å². The first-order chi connectivity index (χ1) is 16.9. The van der Waals surface area contributed by atoms with Crippen molar-refractivity contribution in [2.45, 2.75) is 4.90 Å². The Morgan fingerprint density at radius 1 is 0.829 bits per heavy atom. The molecule has 1 N–H and O–H groups in total. The number of nitrogens with zero attached hydrogens (tertiary/aromatic N) is 1. The van der Waals surface area contributed by atoms with E-state index in [1.165, 1.54) is 32.4 Å². The lowest BCUT2D eigenvalue weighted by Crippen LogP contribution is -2.41. The molecule has 3 aromatic rings. The lowest BCUT2D eigenvalue weighted by atomic mass is 10.2. The number of hydrogen-bond donors (Lipinski definition) is 1. The fraction of sp³-hybridized carbons (Fsp3) is 0.240. The molecule has 3 aromatic carbocycles. The third-order valence-electron chi connectivity index (χ3n) is 5.03. The molecule has 0 bridgehead atoms. The maximum Gasteiger partial charge on any atom is 0.264 e. The Hall–Kier alpha value is -3.92. The minimum Gasteiger partial charge on any atom is -0.497 e. The fourth-order valence-corrected chi connectivity index (χ4v) is 4.67. The van der Waals surface area contributed by atoms with E-state index in [1.54, 1.807) is 61.7 Å². The summed E-state index contributed by atoms with van der Waals surface area (Å²) in [7, 11) is 0.472. The second kappa shape index (κ2) is 12.0. The molecule has 0 spiro atoms. The van der Waals surface area contributed by atoms with Crippen molar-refractivity contribution in [3.8, 4) is 23.0 Å². The maximum atomic E-state index is 13.4. The lowest BCUT2D eigenvalue weighted by Gasteiger charge is -2.25. The molecule has 35 heavy (non-hydrogen) atoms. The monoisotopic (exact) mass is 500 g/mol. The molecule has 0 saturated carbocycles. The van der Waals surface area contributed by atoms with Gasteiger partial charge in [0, 0.05) is 6.07 Å². The van der Waals surface area contributed by atoms with E-state index >= 15 is 0 Å². The van der Waals surface area contributed by atoms with Crippen LogP contribution in [0, 0.1) is 0 Å². The van der Waals surface area contributed by atoms with Crippen LogP contribution in [0.5, 0.6) is 23.0 Å². The molecule has 0 unspecified atom stereocenters. The zero-order chi connectivity index (χ0) is 25.3. The van der Waals surface area contributed by atoms with Gasteiger partial charge in [-0.1, -0.05) is 18.2 Å². The van der Waals surface area contributed by atoms with Gasteiger partial charge in [-0.2, -0.15) is 0 Å². The van der Waals surface area contributed by atoms with Crippen LogP contribution in [0.25, 0.3) is 0 Å². The summed E-state index contributed by atoms with van der Waals surface area (Å²) in [6.07, 6.45) is 0. The molecule has 3 rings (SSSR count). The highest BCUT2D eigenvalue weighted by Gasteiger charge is 2.28. The van der Waals surface area contributed by atoms with E-state index < -0.39 is 22.5 Å². The van der Waals surface area contributed by atoms with Gasteiger partial charge in [0.05, 0.1) is 38.5 Å². The van der Waals surface area contributed by atoms with Crippen LogP contribution in [0.2, 0.25) is 0 Å². The van der Waals surface area contributed by atoms with Crippen LogP contribution in [0.1, 0.15) is 0 Å². The second-order valence-electron chi connectivity index (χ2n) is 7.24. The molecule has 0 heterocycles. The van der Waals surface area contributed by atoms with Gasteiger partial charge in [0.15, 0.2) is 11.5 Å². The van der Waals surface area contributed by atoms with Crippen molar-refractivity contribution >= 4 is 21.6 Å². The first-order valence-electron chi connectivity index (χ1n) is 10.7. The molecule has 186 valence electrons. The van der Waals surface area contributed by atoms with E-state index in [0.717, 1.165) is 4.31 Å². The zero-order valence-electron chi connectivity index (χ0n) is 19.8. The van der Waals surface area contributed by atoms with Gasteiger partial charge >= 0.3 is 0 Å². The van der Waals surface area contributed by atoms with Crippen LogP contribution in [-0.4, -0.2) is 55.4 Å². The molecule has 10 heteroatoms. The van der Waals surface area contributed by atoms with Crippen molar-refractivity contribution in [3.63, 3.8) is 0 Å². The van der Waals surface area contributed by atoms with Crippen molar-refractivity contribution in [1.82, 2.24) is 5.32 Å². The van der Waals surface area contributed by atoms with Crippen LogP contribution < -0.4 is 28.6 Å². The van der Waals surface area contributed by atoms with Crippen LogP contribution in [0.4, 0.5) is 5.69 Å². The van der Waals surface area contributed by atoms with Crippen molar-refractivity contribution in [1.29, 1.82) is 0 Å². The maximum absolute atomic E-state index is 13.4. The lowest BCUT2D eigenvalue weighted by molar-refractivity contribution is -0.119. The van der Waals surface area contributed by atoms with Gasteiger partial charge in [-0.15, -0.1) is 0 Å². The normalized spacial score (nSPS) is 10.8. The van der Waals surface area contributed by atoms with Crippen LogP contribution in [0.15, 0.2) is 77.7 Å². The Bertz CT molecular complexity index is 1220. The van der Waals surface area contributed by atoms with Gasteiger partial charge in [-0.3, -0.25) is 9.10 Å². The van der Waals surface area contributed by atoms with Gasteiger partial charge in [0.1, 0.15) is 24.7 Å². The topological polar surface area (TPSA) is 103 Å². The van der Waals surface area contributed by atoms with Gasteiger partial charge in [-0.25, -0.2) is 8.42 Å². The largest absolute Gasteiger partial charge is 0.497 e. The molecule has 0 aliphatic heterocycles. The molecule has 0 aliphatic rings. The molecule has 0 radical (unpaired) electrons. The van der Waals surface area contributed by atoms with Gasteiger partial charge in [0.25, 0.3) is 10.0 Å². The highest BCUT2D eigenvalue weighted by atomic mass is 32.2. The number of rotatable bonds is 12. The summed E-state index contributed by atoms with van der Waals surface area (Å²) < 4.78 is 49.2. The number of amides is 1. The molecular formula is C25H28N2O7S. The highest BCUT2D eigenvalue weighted by Crippen LogP contribution is 2.33. The number of benzene rings is 3. The quantitative estimate of drug-likeness (QED) is 0.381. The molecule has 0 aliphatic carbocycles. The SMILES string of the molecule is COc1ccc(OCCNC(=O)CN(c2ccc(OC)c(OC)c2)S(=O)(=O)c2ccccc2)cc1. The minimum absolute atomic E-state index is 0.0606. The van der Waals surface area contributed by atoms with Crippen LogP contribution >= 0.6 is 0 Å². The van der Waals surface area contributed by atoms with Crippen molar-refractivity contribution in [2.24, 2.45) is 0 Å². The highest BCUT2D eigenvalue weighted by molar-refractivity contribution is 7.92. The summed E-state index contributed by atoms with van der Waals surface area (Å²) in [6, 6.07) is 19.6. The Morgan fingerprint density at radius 2 is 1.49 bits per heavy atom. The summed E-state index contributed by atoms with van der Waals surface area (Å²) in [5.74, 6) is 1.62. The molecule has 0 atom stereocenters. The summed E-state index contributed by atoms with van der Waals surface area (Å²) in [4.78, 5) is 12.8. The summed E-state index contributed by atoms with van der Waals surface area (Å²) >= 11 is 0. The molecular weight excluding hydrogens is 472 g/mol. The average Bonchev–Trinajstić information content (AvgIpc) is 2.90. The Morgan fingerprint density at radius 3 is 2.11 bits per heavy atom. The Kier molecular flexibility index (Phi) is 8.80. The van der Waals surface area contributed by atoms with Crippen LogP contribution in [-0.2, 0) is 14.8 Å². The third kappa shape index (κ3) is 6.57. The fourth-order valence-electron chi connectivity index (χ4n) is 3.23. The zero-order valence-corrected chi connectivity index (χ0v) is 20.6. The molecule has 0 saturated heterocycles.